The van der Waals surface area contributed by atoms with Crippen LogP contribution in [-0.2, 0) is 0 Å². The van der Waals surface area contributed by atoms with Crippen LogP contribution < -0.4 is 5.32 Å². The van der Waals surface area contributed by atoms with Gasteiger partial charge in [-0.15, -0.1) is 11.3 Å². The lowest BCUT2D eigenvalue weighted by Gasteiger charge is -2.17. The molecule has 0 saturated heterocycles. The van der Waals surface area contributed by atoms with Gasteiger partial charge in [-0.1, -0.05) is 140 Å². The highest BCUT2D eigenvalue weighted by Gasteiger charge is 2.18. The van der Waals surface area contributed by atoms with Gasteiger partial charge in [-0.2, -0.15) is 0 Å². The second-order valence-corrected chi connectivity index (χ2v) is 14.7. The second-order valence-electron chi connectivity index (χ2n) is 13.7. The Bertz CT molecular complexity index is 3150. The maximum absolute atomic E-state index is 6.44. The van der Waals surface area contributed by atoms with E-state index in [9.17, 15) is 0 Å². The van der Waals surface area contributed by atoms with Gasteiger partial charge in [0, 0.05) is 53.4 Å². The number of benzene rings is 9. The second kappa shape index (κ2) is 11.9. The summed E-state index contributed by atoms with van der Waals surface area (Å²) in [4.78, 5) is 0. The van der Waals surface area contributed by atoms with Gasteiger partial charge in [0.1, 0.15) is 11.2 Å². The van der Waals surface area contributed by atoms with Crippen LogP contribution in [0.5, 0.6) is 0 Å². The molecule has 0 unspecified atom stereocenters. The summed E-state index contributed by atoms with van der Waals surface area (Å²) in [5, 5.41) is 13.6. The summed E-state index contributed by atoms with van der Waals surface area (Å²) < 4.78 is 9.06. The first-order valence-corrected chi connectivity index (χ1v) is 18.8. The molecular weight excluding hydrogens is 663 g/mol. The Balaban J connectivity index is 1.05. The smallest absolute Gasteiger partial charge is 0.135 e. The maximum atomic E-state index is 6.44. The van der Waals surface area contributed by atoms with Crippen molar-refractivity contribution in [3.05, 3.63) is 182 Å². The average molecular weight is 694 g/mol. The zero-order valence-corrected chi connectivity index (χ0v) is 29.5. The Labute approximate surface area is 310 Å². The minimum atomic E-state index is 0.875. The summed E-state index contributed by atoms with van der Waals surface area (Å²) >= 11 is 1.86. The van der Waals surface area contributed by atoms with Gasteiger partial charge < -0.3 is 9.73 Å². The molecule has 11 rings (SSSR count). The number of furan rings is 1. The van der Waals surface area contributed by atoms with Gasteiger partial charge in [-0.25, -0.2) is 0 Å². The van der Waals surface area contributed by atoms with Crippen LogP contribution in [-0.4, -0.2) is 0 Å². The van der Waals surface area contributed by atoms with Crippen molar-refractivity contribution in [2.24, 2.45) is 0 Å². The number of rotatable bonds is 5. The Kier molecular flexibility index (Phi) is 6.76. The van der Waals surface area contributed by atoms with E-state index in [0.717, 1.165) is 33.3 Å². The number of fused-ring (bicyclic) bond motifs is 8. The fraction of sp³-hybridized carbons (Fsp3) is 0. The standard InChI is InChI=1S/C50H31NOS/c1-2-13-31(14-3-1)48-36-17-4-6-19-38(36)49(39-20-7-5-18-37(39)48)32-25-27-45-42(29-32)43-30-33(26-28-46(43)52-45)51-44-23-10-8-15-34(44)40-21-12-22-41-35-16-9-11-24-47(35)53-50(40)41/h1-30,51H. The zero-order valence-electron chi connectivity index (χ0n) is 28.6. The predicted molar refractivity (Wildman–Crippen MR) is 228 cm³/mol. The molecule has 2 heterocycles. The topological polar surface area (TPSA) is 25.2 Å². The molecule has 0 fully saturated rings. The van der Waals surface area contributed by atoms with Crippen LogP contribution in [0.25, 0.3) is 97.0 Å². The lowest BCUT2D eigenvalue weighted by Crippen LogP contribution is -1.93. The van der Waals surface area contributed by atoms with E-state index in [4.69, 9.17) is 4.42 Å². The molecule has 0 bridgehead atoms. The van der Waals surface area contributed by atoms with Crippen molar-refractivity contribution in [3.8, 4) is 33.4 Å². The Morgan fingerprint density at radius 3 is 1.70 bits per heavy atom. The number of para-hydroxylation sites is 1. The number of hydrogen-bond donors (Lipinski definition) is 1. The number of nitrogens with one attached hydrogen (secondary N) is 1. The van der Waals surface area contributed by atoms with Crippen LogP contribution >= 0.6 is 11.3 Å². The van der Waals surface area contributed by atoms with Crippen molar-refractivity contribution >= 4 is 86.4 Å². The molecule has 0 radical (unpaired) electrons. The summed E-state index contributed by atoms with van der Waals surface area (Å²) in [6.45, 7) is 0. The van der Waals surface area contributed by atoms with E-state index in [1.165, 1.54) is 75.1 Å². The molecule has 0 aliphatic heterocycles. The number of hydrogen-bond acceptors (Lipinski definition) is 3. The summed E-state index contributed by atoms with van der Waals surface area (Å²) in [5.74, 6) is 0. The van der Waals surface area contributed by atoms with E-state index in [1.807, 2.05) is 11.3 Å². The molecule has 0 amide bonds. The van der Waals surface area contributed by atoms with Gasteiger partial charge in [0.2, 0.25) is 0 Å². The highest BCUT2D eigenvalue weighted by molar-refractivity contribution is 7.26. The van der Waals surface area contributed by atoms with Crippen LogP contribution in [0.3, 0.4) is 0 Å². The Morgan fingerprint density at radius 1 is 0.377 bits per heavy atom. The highest BCUT2D eigenvalue weighted by Crippen LogP contribution is 2.46. The summed E-state index contributed by atoms with van der Waals surface area (Å²) in [6.07, 6.45) is 0. The first-order valence-electron chi connectivity index (χ1n) is 18.0. The minimum Gasteiger partial charge on any atom is -0.456 e. The molecule has 1 N–H and O–H groups in total. The molecule has 2 aromatic heterocycles. The number of thiophene rings is 1. The van der Waals surface area contributed by atoms with Gasteiger partial charge in [-0.05, 0) is 86.3 Å². The lowest BCUT2D eigenvalue weighted by atomic mass is 9.86. The van der Waals surface area contributed by atoms with Crippen LogP contribution in [0.4, 0.5) is 11.4 Å². The van der Waals surface area contributed by atoms with E-state index < -0.39 is 0 Å². The molecule has 0 atom stereocenters. The Hall–Kier alpha value is -6.68. The molecule has 11 aromatic rings. The molecule has 2 nitrogen and oxygen atoms in total. The third kappa shape index (κ3) is 4.78. The quantitative estimate of drug-likeness (QED) is 0.182. The van der Waals surface area contributed by atoms with Crippen molar-refractivity contribution in [2.75, 3.05) is 5.32 Å². The molecule has 0 aliphatic rings. The van der Waals surface area contributed by atoms with Crippen molar-refractivity contribution in [2.45, 2.75) is 0 Å². The predicted octanol–water partition coefficient (Wildman–Crippen LogP) is 15.0. The van der Waals surface area contributed by atoms with Crippen LogP contribution in [0, 0.1) is 0 Å². The Morgan fingerprint density at radius 2 is 0.943 bits per heavy atom. The van der Waals surface area contributed by atoms with Gasteiger partial charge in [-0.3, -0.25) is 0 Å². The van der Waals surface area contributed by atoms with E-state index in [-0.39, 0.29) is 0 Å². The van der Waals surface area contributed by atoms with Crippen molar-refractivity contribution in [1.82, 2.24) is 0 Å². The van der Waals surface area contributed by atoms with E-state index in [2.05, 4.69) is 187 Å². The maximum Gasteiger partial charge on any atom is 0.135 e. The van der Waals surface area contributed by atoms with E-state index in [1.54, 1.807) is 0 Å². The summed E-state index contributed by atoms with van der Waals surface area (Å²) in [7, 11) is 0. The largest absolute Gasteiger partial charge is 0.456 e. The van der Waals surface area contributed by atoms with Crippen molar-refractivity contribution < 1.29 is 4.42 Å². The van der Waals surface area contributed by atoms with Crippen LogP contribution in [0.2, 0.25) is 0 Å². The van der Waals surface area contributed by atoms with Gasteiger partial charge in [0.25, 0.3) is 0 Å². The molecule has 9 aromatic carbocycles. The first-order chi connectivity index (χ1) is 26.3. The normalized spacial score (nSPS) is 11.8. The van der Waals surface area contributed by atoms with E-state index in [0.29, 0.717) is 0 Å². The molecule has 3 heteroatoms. The monoisotopic (exact) mass is 693 g/mol. The van der Waals surface area contributed by atoms with Crippen molar-refractivity contribution in [1.29, 1.82) is 0 Å². The molecule has 0 aliphatic carbocycles. The number of anilines is 2. The molecular formula is C50H31NOS. The van der Waals surface area contributed by atoms with Gasteiger partial charge >= 0.3 is 0 Å². The summed E-state index contributed by atoms with van der Waals surface area (Å²) in [5.41, 5.74) is 11.2. The molecule has 0 spiro atoms. The molecule has 0 saturated carbocycles. The van der Waals surface area contributed by atoms with Crippen LogP contribution in [0.1, 0.15) is 0 Å². The fourth-order valence-corrected chi connectivity index (χ4v) is 9.54. The molecule has 248 valence electrons. The third-order valence-electron chi connectivity index (χ3n) is 10.7. The van der Waals surface area contributed by atoms with Crippen LogP contribution in [0.15, 0.2) is 186 Å². The minimum absolute atomic E-state index is 0.875. The lowest BCUT2D eigenvalue weighted by molar-refractivity contribution is 0.669. The summed E-state index contributed by atoms with van der Waals surface area (Å²) in [6, 6.07) is 65.5. The van der Waals surface area contributed by atoms with E-state index >= 15 is 0 Å². The molecule has 53 heavy (non-hydrogen) atoms. The third-order valence-corrected chi connectivity index (χ3v) is 11.9. The van der Waals surface area contributed by atoms with Gasteiger partial charge in [0.15, 0.2) is 0 Å². The SMILES string of the molecule is c1ccc(-c2c3ccccc3c(-c3ccc4oc5ccc(Nc6ccccc6-c6cccc7c6sc6ccccc67)cc5c4c3)c3ccccc23)cc1. The first kappa shape index (κ1) is 30.0. The zero-order chi connectivity index (χ0) is 34.9. The fourth-order valence-electron chi connectivity index (χ4n) is 8.31. The van der Waals surface area contributed by atoms with Gasteiger partial charge in [0.05, 0.1) is 0 Å². The average Bonchev–Trinajstić information content (AvgIpc) is 3.78. The van der Waals surface area contributed by atoms with Crippen molar-refractivity contribution in [3.63, 3.8) is 0 Å². The highest BCUT2D eigenvalue weighted by atomic mass is 32.1.